The molecular weight excluding hydrogens is 303 g/mol. The topological polar surface area (TPSA) is 61.6 Å². The number of benzene rings is 1. The molecule has 1 heterocycles. The van der Waals surface area contributed by atoms with E-state index in [1.807, 2.05) is 0 Å². The van der Waals surface area contributed by atoms with Crippen LogP contribution in [0.25, 0.3) is 11.5 Å². The summed E-state index contributed by atoms with van der Waals surface area (Å²) >= 11 is 0. The minimum atomic E-state index is -4.82. The Hall–Kier alpha value is -2.51. The molecule has 1 aromatic heterocycles. The highest BCUT2D eigenvalue weighted by molar-refractivity contribution is 5.88. The molecule has 0 aliphatic rings. The van der Waals surface area contributed by atoms with E-state index in [1.54, 1.807) is 0 Å². The van der Waals surface area contributed by atoms with Crippen LogP contribution in [0, 0.1) is 0 Å². The molecule has 0 amide bonds. The van der Waals surface area contributed by atoms with Gasteiger partial charge in [-0.25, -0.2) is 9.78 Å². The number of rotatable bonds is 4. The fourth-order valence-electron chi connectivity index (χ4n) is 1.70. The van der Waals surface area contributed by atoms with Gasteiger partial charge in [0.2, 0.25) is 11.7 Å². The molecule has 0 aliphatic heterocycles. The van der Waals surface area contributed by atoms with Crippen LogP contribution in [0.1, 0.15) is 23.2 Å². The van der Waals surface area contributed by atoms with Crippen molar-refractivity contribution in [1.29, 1.82) is 0 Å². The van der Waals surface area contributed by atoms with Gasteiger partial charge in [-0.15, -0.1) is 0 Å². The van der Waals surface area contributed by atoms with Gasteiger partial charge in [0.05, 0.1) is 13.7 Å². The average molecular weight is 315 g/mol. The first kappa shape index (κ1) is 15.9. The number of methoxy groups -OCH3 is 1. The maximum Gasteiger partial charge on any atom is 0.437 e. The molecule has 0 saturated carbocycles. The molecule has 22 heavy (non-hydrogen) atoms. The Bertz CT molecular complexity index is 662. The number of oxazole rings is 1. The van der Waals surface area contributed by atoms with Crippen LogP contribution in [-0.4, -0.2) is 24.7 Å². The van der Waals surface area contributed by atoms with Crippen LogP contribution in [0.4, 0.5) is 13.2 Å². The van der Waals surface area contributed by atoms with Crippen LogP contribution in [0.3, 0.4) is 0 Å². The Morgan fingerprint density at radius 3 is 2.41 bits per heavy atom. The van der Waals surface area contributed by atoms with Crippen molar-refractivity contribution in [2.75, 3.05) is 13.7 Å². The summed E-state index contributed by atoms with van der Waals surface area (Å²) < 4.78 is 53.3. The van der Waals surface area contributed by atoms with Gasteiger partial charge in [0.1, 0.15) is 5.75 Å². The zero-order chi connectivity index (χ0) is 16.3. The highest BCUT2D eigenvalue weighted by Crippen LogP contribution is 2.35. The van der Waals surface area contributed by atoms with Crippen LogP contribution >= 0.6 is 0 Å². The number of aromatic nitrogens is 1. The third-order valence-electron chi connectivity index (χ3n) is 2.69. The number of carbonyl (C=O) groups excluding carboxylic acids is 1. The lowest BCUT2D eigenvalue weighted by Crippen LogP contribution is -2.14. The first-order valence-electron chi connectivity index (χ1n) is 6.26. The summed E-state index contributed by atoms with van der Waals surface area (Å²) in [5.74, 6) is -1.96. The summed E-state index contributed by atoms with van der Waals surface area (Å²) in [6.45, 7) is 1.40. The molecule has 2 rings (SSSR count). The van der Waals surface area contributed by atoms with E-state index in [-0.39, 0.29) is 18.1 Å². The molecule has 0 N–H and O–H groups in total. The lowest BCUT2D eigenvalue weighted by Gasteiger charge is -2.03. The Morgan fingerprint density at radius 1 is 1.27 bits per heavy atom. The second-order valence-corrected chi connectivity index (χ2v) is 4.14. The van der Waals surface area contributed by atoms with Crippen molar-refractivity contribution >= 4 is 5.97 Å². The maximum absolute atomic E-state index is 12.9. The van der Waals surface area contributed by atoms with E-state index in [2.05, 4.69) is 9.72 Å². The number of carbonyl (C=O) groups is 1. The largest absolute Gasteiger partial charge is 0.497 e. The van der Waals surface area contributed by atoms with Crippen LogP contribution in [0.5, 0.6) is 5.75 Å². The van der Waals surface area contributed by atoms with Crippen molar-refractivity contribution in [3.05, 3.63) is 35.7 Å². The van der Waals surface area contributed by atoms with Gasteiger partial charge in [0, 0.05) is 5.56 Å². The maximum atomic E-state index is 12.9. The van der Waals surface area contributed by atoms with E-state index < -0.39 is 23.6 Å². The third kappa shape index (κ3) is 3.21. The minimum Gasteiger partial charge on any atom is -0.497 e. The first-order chi connectivity index (χ1) is 10.4. The average Bonchev–Trinajstić information content (AvgIpc) is 2.93. The molecule has 5 nitrogen and oxygen atoms in total. The molecule has 0 fully saturated rings. The molecule has 0 saturated heterocycles. The summed E-state index contributed by atoms with van der Waals surface area (Å²) in [5, 5.41) is 0. The van der Waals surface area contributed by atoms with Crippen LogP contribution < -0.4 is 4.74 Å². The van der Waals surface area contributed by atoms with Crippen molar-refractivity contribution in [2.24, 2.45) is 0 Å². The first-order valence-corrected chi connectivity index (χ1v) is 6.26. The quantitative estimate of drug-likeness (QED) is 0.808. The number of ether oxygens (including phenoxy) is 2. The van der Waals surface area contributed by atoms with Gasteiger partial charge in [-0.1, -0.05) is 0 Å². The monoisotopic (exact) mass is 315 g/mol. The predicted octanol–water partition coefficient (Wildman–Crippen LogP) is 3.55. The van der Waals surface area contributed by atoms with Gasteiger partial charge in [-0.3, -0.25) is 0 Å². The fraction of sp³-hybridized carbons (Fsp3) is 0.286. The molecule has 0 unspecified atom stereocenters. The zero-order valence-corrected chi connectivity index (χ0v) is 11.7. The van der Waals surface area contributed by atoms with E-state index in [0.29, 0.717) is 5.75 Å². The number of hydrogen-bond donors (Lipinski definition) is 0. The highest BCUT2D eigenvalue weighted by Gasteiger charge is 2.41. The fourth-order valence-corrected chi connectivity index (χ4v) is 1.70. The molecule has 0 spiro atoms. The summed E-state index contributed by atoms with van der Waals surface area (Å²) in [4.78, 5) is 15.0. The van der Waals surface area contributed by atoms with Gasteiger partial charge in [0.15, 0.2) is 5.69 Å². The van der Waals surface area contributed by atoms with E-state index >= 15 is 0 Å². The van der Waals surface area contributed by atoms with Crippen molar-refractivity contribution in [3.63, 3.8) is 0 Å². The molecule has 2 aromatic rings. The van der Waals surface area contributed by atoms with Gasteiger partial charge in [0.25, 0.3) is 0 Å². The molecule has 118 valence electrons. The second-order valence-electron chi connectivity index (χ2n) is 4.14. The van der Waals surface area contributed by atoms with Crippen LogP contribution in [0.15, 0.2) is 28.7 Å². The number of esters is 1. The van der Waals surface area contributed by atoms with Gasteiger partial charge < -0.3 is 13.9 Å². The highest BCUT2D eigenvalue weighted by atomic mass is 19.4. The molecule has 1 aromatic carbocycles. The van der Waals surface area contributed by atoms with Crippen molar-refractivity contribution in [1.82, 2.24) is 4.98 Å². The normalized spacial score (nSPS) is 11.3. The number of hydrogen-bond acceptors (Lipinski definition) is 5. The van der Waals surface area contributed by atoms with Gasteiger partial charge in [-0.2, -0.15) is 13.2 Å². The third-order valence-corrected chi connectivity index (χ3v) is 2.69. The Balaban J connectivity index is 2.47. The standard InChI is InChI=1S/C14H12F3NO4/c1-3-21-13(19)10-11(14(15,16)17)18-12(22-10)8-4-6-9(20-2)7-5-8/h4-7H,3H2,1-2H3. The number of halogens is 3. The predicted molar refractivity (Wildman–Crippen MR) is 69.4 cm³/mol. The summed E-state index contributed by atoms with van der Waals surface area (Å²) in [5.41, 5.74) is -1.13. The molecule has 0 atom stereocenters. The Morgan fingerprint density at radius 2 is 1.91 bits per heavy atom. The van der Waals surface area contributed by atoms with Crippen molar-refractivity contribution < 1.29 is 31.9 Å². The lowest BCUT2D eigenvalue weighted by atomic mass is 10.2. The molecular formula is C14H12F3NO4. The summed E-state index contributed by atoms with van der Waals surface area (Å²) in [6.07, 6.45) is -4.82. The number of alkyl halides is 3. The van der Waals surface area contributed by atoms with Crippen molar-refractivity contribution in [3.8, 4) is 17.2 Å². The smallest absolute Gasteiger partial charge is 0.437 e. The van der Waals surface area contributed by atoms with E-state index in [0.717, 1.165) is 0 Å². The number of nitrogens with zero attached hydrogens (tertiary/aromatic N) is 1. The Labute approximate surface area is 123 Å². The van der Waals surface area contributed by atoms with E-state index in [4.69, 9.17) is 9.15 Å². The minimum absolute atomic E-state index is 0.0747. The lowest BCUT2D eigenvalue weighted by molar-refractivity contribution is -0.141. The SMILES string of the molecule is CCOC(=O)c1oc(-c2ccc(OC)cc2)nc1C(F)(F)F. The van der Waals surface area contributed by atoms with E-state index in [9.17, 15) is 18.0 Å². The molecule has 0 radical (unpaired) electrons. The van der Waals surface area contributed by atoms with Crippen LogP contribution in [0.2, 0.25) is 0 Å². The molecule has 0 bridgehead atoms. The Kier molecular flexibility index (Phi) is 4.39. The molecule has 0 aliphatic carbocycles. The van der Waals surface area contributed by atoms with Crippen LogP contribution in [-0.2, 0) is 10.9 Å². The summed E-state index contributed by atoms with van der Waals surface area (Å²) in [6, 6.07) is 6.02. The van der Waals surface area contributed by atoms with E-state index in [1.165, 1.54) is 38.3 Å². The van der Waals surface area contributed by atoms with Gasteiger partial charge >= 0.3 is 12.1 Å². The zero-order valence-electron chi connectivity index (χ0n) is 11.7. The van der Waals surface area contributed by atoms with Gasteiger partial charge in [-0.05, 0) is 31.2 Å². The molecule has 8 heteroatoms. The van der Waals surface area contributed by atoms with Crippen molar-refractivity contribution in [2.45, 2.75) is 13.1 Å². The summed E-state index contributed by atoms with van der Waals surface area (Å²) in [7, 11) is 1.46. The second kappa shape index (κ2) is 6.08.